The molecule has 0 unspecified atom stereocenters. The van der Waals surface area contributed by atoms with E-state index in [0.29, 0.717) is 6.17 Å². The normalized spacial score (nSPS) is 13.2. The van der Waals surface area contributed by atoms with Crippen molar-refractivity contribution >= 4 is 0 Å². The van der Waals surface area contributed by atoms with Crippen molar-refractivity contribution in [2.45, 2.75) is 329 Å². The van der Waals surface area contributed by atoms with E-state index in [9.17, 15) is 0 Å². The van der Waals surface area contributed by atoms with Gasteiger partial charge in [-0.15, -0.1) is 0 Å². The molecule has 1 aliphatic rings. The number of hydrogen-bond donors (Lipinski definition) is 0. The van der Waals surface area contributed by atoms with Gasteiger partial charge in [0.2, 0.25) is 0 Å². The molecule has 0 aromatic carbocycles. The van der Waals surface area contributed by atoms with Gasteiger partial charge in [0.25, 0.3) is 0 Å². The average molecular weight is 799 g/mol. The topological polar surface area (TPSA) is 6.48 Å². The molecule has 0 saturated carbocycles. The zero-order chi connectivity index (χ0) is 40.8. The maximum absolute atomic E-state index is 2.75. The van der Waals surface area contributed by atoms with E-state index in [-0.39, 0.29) is 0 Å². The van der Waals surface area contributed by atoms with E-state index in [2.05, 4.69) is 43.0 Å². The Labute approximate surface area is 362 Å². The van der Waals surface area contributed by atoms with Gasteiger partial charge in [-0.3, -0.25) is 0 Å². The Morgan fingerprint density at radius 3 is 0.614 bits per heavy atom. The molecule has 1 heterocycles. The van der Waals surface area contributed by atoms with E-state index < -0.39 is 0 Å². The fourth-order valence-corrected chi connectivity index (χ4v) is 9.55. The lowest BCUT2D eigenvalue weighted by Crippen LogP contribution is -2.39. The molecule has 2 nitrogen and oxygen atoms in total. The van der Waals surface area contributed by atoms with Crippen molar-refractivity contribution in [2.24, 2.45) is 0 Å². The number of rotatable bonds is 49. The Hall–Kier alpha value is -0.660. The summed E-state index contributed by atoms with van der Waals surface area (Å²) in [5.74, 6) is 0. The summed E-state index contributed by atoms with van der Waals surface area (Å²) < 4.78 is 0. The summed E-state index contributed by atoms with van der Waals surface area (Å²) in [6, 6.07) is 0. The molecule has 0 spiro atoms. The summed E-state index contributed by atoms with van der Waals surface area (Å²) in [5.41, 5.74) is 0. The molecule has 0 bridgehead atoms. The quantitative estimate of drug-likeness (QED) is 0.0566. The highest BCUT2D eigenvalue weighted by atomic mass is 15.4. The van der Waals surface area contributed by atoms with Crippen LogP contribution in [0.1, 0.15) is 323 Å². The third-order valence-electron chi connectivity index (χ3n) is 13.6. The van der Waals surface area contributed by atoms with Crippen LogP contribution in [0, 0.1) is 0 Å². The number of nitrogens with zero attached hydrogens (tertiary/aromatic N) is 2. The van der Waals surface area contributed by atoms with Gasteiger partial charge in [-0.25, -0.2) is 0 Å². The first-order valence-corrected chi connectivity index (χ1v) is 27.5. The van der Waals surface area contributed by atoms with E-state index in [0.717, 1.165) is 0 Å². The smallest absolute Gasteiger partial charge is 0.101 e. The highest BCUT2D eigenvalue weighted by Gasteiger charge is 2.25. The van der Waals surface area contributed by atoms with Crippen LogP contribution >= 0.6 is 0 Å². The first kappa shape index (κ1) is 54.4. The van der Waals surface area contributed by atoms with Crippen LogP contribution in [0.3, 0.4) is 0 Å². The third-order valence-corrected chi connectivity index (χ3v) is 13.6. The Morgan fingerprint density at radius 2 is 0.404 bits per heavy atom. The third kappa shape index (κ3) is 38.0. The fraction of sp³-hybridized carbons (Fsp3) is 0.964. The van der Waals surface area contributed by atoms with Crippen LogP contribution in [-0.2, 0) is 0 Å². The van der Waals surface area contributed by atoms with E-state index in [4.69, 9.17) is 0 Å². The van der Waals surface area contributed by atoms with Crippen LogP contribution in [0.4, 0.5) is 0 Å². The minimum absolute atomic E-state index is 0.634. The lowest BCUT2D eigenvalue weighted by atomic mass is 10.0. The molecule has 0 N–H and O–H groups in total. The molecule has 57 heavy (non-hydrogen) atoms. The van der Waals surface area contributed by atoms with Gasteiger partial charge < -0.3 is 9.80 Å². The lowest BCUT2D eigenvalue weighted by molar-refractivity contribution is 0.135. The minimum atomic E-state index is 0.634. The molecule has 0 saturated heterocycles. The summed E-state index contributed by atoms with van der Waals surface area (Å²) in [6.07, 6.45) is 73.8. The summed E-state index contributed by atoms with van der Waals surface area (Å²) in [5, 5.41) is 0. The molecule has 1 rings (SSSR count). The molecule has 0 amide bonds. The summed E-state index contributed by atoms with van der Waals surface area (Å²) in [4.78, 5) is 5.50. The van der Waals surface area contributed by atoms with E-state index in [1.54, 1.807) is 0 Å². The summed E-state index contributed by atoms with van der Waals surface area (Å²) in [7, 11) is 0. The van der Waals surface area contributed by atoms with Crippen molar-refractivity contribution in [3.05, 3.63) is 12.4 Å². The van der Waals surface area contributed by atoms with Crippen LogP contribution in [0.5, 0.6) is 0 Å². The van der Waals surface area contributed by atoms with Crippen molar-refractivity contribution < 1.29 is 0 Å². The SMILES string of the molecule is CCCCCCCCCCCCCCCCCCN1C=CN(CCCCCCCCCCCCCCCCCC)C1CCCCCCCCCCCCCCCC. The van der Waals surface area contributed by atoms with Crippen molar-refractivity contribution in [2.75, 3.05) is 13.1 Å². The van der Waals surface area contributed by atoms with E-state index >= 15 is 0 Å². The molecular formula is C55H110N2. The maximum atomic E-state index is 2.75. The zero-order valence-electron chi connectivity index (χ0n) is 40.3. The Morgan fingerprint density at radius 1 is 0.228 bits per heavy atom. The molecule has 0 atom stereocenters. The molecule has 0 fully saturated rings. The second-order valence-corrected chi connectivity index (χ2v) is 19.2. The molecule has 0 radical (unpaired) electrons. The largest absolute Gasteiger partial charge is 0.356 e. The van der Waals surface area contributed by atoms with E-state index in [1.165, 1.54) is 315 Å². The zero-order valence-corrected chi connectivity index (χ0v) is 40.3. The van der Waals surface area contributed by atoms with Gasteiger partial charge in [0.1, 0.15) is 6.17 Å². The van der Waals surface area contributed by atoms with Crippen molar-refractivity contribution in [1.82, 2.24) is 9.80 Å². The van der Waals surface area contributed by atoms with Gasteiger partial charge in [-0.2, -0.15) is 0 Å². The van der Waals surface area contributed by atoms with Crippen LogP contribution < -0.4 is 0 Å². The van der Waals surface area contributed by atoms with Crippen LogP contribution in [-0.4, -0.2) is 29.1 Å². The summed E-state index contributed by atoms with van der Waals surface area (Å²) in [6.45, 7) is 9.50. The van der Waals surface area contributed by atoms with Crippen LogP contribution in [0.25, 0.3) is 0 Å². The fourth-order valence-electron chi connectivity index (χ4n) is 9.55. The van der Waals surface area contributed by atoms with Gasteiger partial charge in [0, 0.05) is 25.5 Å². The Bertz CT molecular complexity index is 716. The molecular weight excluding hydrogens is 689 g/mol. The number of unbranched alkanes of at least 4 members (excludes halogenated alkanes) is 43. The van der Waals surface area contributed by atoms with Crippen LogP contribution in [0.2, 0.25) is 0 Å². The van der Waals surface area contributed by atoms with Crippen molar-refractivity contribution in [3.63, 3.8) is 0 Å². The molecule has 340 valence electrons. The molecule has 1 aliphatic heterocycles. The Kier molecular flexibility index (Phi) is 44.3. The molecule has 2 heteroatoms. The van der Waals surface area contributed by atoms with E-state index in [1.807, 2.05) is 0 Å². The highest BCUT2D eigenvalue weighted by Crippen LogP contribution is 2.24. The molecule has 0 aliphatic carbocycles. The lowest BCUT2D eigenvalue weighted by Gasteiger charge is -2.33. The Balaban J connectivity index is 2.19. The van der Waals surface area contributed by atoms with Gasteiger partial charge in [0.05, 0.1) is 0 Å². The molecule has 0 aromatic rings. The minimum Gasteiger partial charge on any atom is -0.356 e. The van der Waals surface area contributed by atoms with Crippen molar-refractivity contribution in [1.29, 1.82) is 0 Å². The highest BCUT2D eigenvalue weighted by molar-refractivity contribution is 4.97. The second-order valence-electron chi connectivity index (χ2n) is 19.2. The van der Waals surface area contributed by atoms with Crippen LogP contribution in [0.15, 0.2) is 12.4 Å². The van der Waals surface area contributed by atoms with Gasteiger partial charge in [0.15, 0.2) is 0 Å². The first-order chi connectivity index (χ1) is 28.3. The predicted molar refractivity (Wildman–Crippen MR) is 260 cm³/mol. The predicted octanol–water partition coefficient (Wildman–Crippen LogP) is 19.8. The van der Waals surface area contributed by atoms with Gasteiger partial charge in [-0.1, -0.05) is 297 Å². The number of hydrogen-bond acceptors (Lipinski definition) is 2. The van der Waals surface area contributed by atoms with Crippen molar-refractivity contribution in [3.8, 4) is 0 Å². The molecule has 0 aromatic heterocycles. The first-order valence-electron chi connectivity index (χ1n) is 27.5. The van der Waals surface area contributed by atoms with Gasteiger partial charge in [-0.05, 0) is 25.7 Å². The average Bonchev–Trinajstić information content (AvgIpc) is 3.61. The summed E-state index contributed by atoms with van der Waals surface area (Å²) >= 11 is 0. The maximum Gasteiger partial charge on any atom is 0.101 e. The standard InChI is InChI=1S/C55H110N2/c1-4-7-10-13-16-19-22-25-28-30-33-36-39-42-45-48-51-56-53-54-57(52-49-46-43-40-37-34-31-29-26-23-20-17-14-11-8-5-2)55(56)50-47-44-41-38-35-32-27-24-21-18-15-12-9-6-3/h53-55H,4-52H2,1-3H3. The monoisotopic (exact) mass is 799 g/mol. The van der Waals surface area contributed by atoms with Gasteiger partial charge >= 0.3 is 0 Å². The second kappa shape index (κ2) is 46.4.